The average molecular weight is 395 g/mol. The number of ether oxygens (including phenoxy) is 1. The van der Waals surface area contributed by atoms with Crippen molar-refractivity contribution in [1.29, 1.82) is 0 Å². The van der Waals surface area contributed by atoms with Crippen molar-refractivity contribution in [3.63, 3.8) is 0 Å². The third-order valence-electron chi connectivity index (χ3n) is 5.56. The van der Waals surface area contributed by atoms with Crippen molar-refractivity contribution in [2.24, 2.45) is 0 Å². The molecular weight excluding hydrogens is 374 g/mol. The Morgan fingerprint density at radius 1 is 1.29 bits per heavy atom. The van der Waals surface area contributed by atoms with E-state index < -0.39 is 0 Å². The molecule has 7 heteroatoms. The summed E-state index contributed by atoms with van der Waals surface area (Å²) in [6.07, 6.45) is 4.47. The van der Waals surface area contributed by atoms with Gasteiger partial charge in [-0.25, -0.2) is 4.98 Å². The molecule has 1 unspecified atom stereocenters. The van der Waals surface area contributed by atoms with Gasteiger partial charge in [0.2, 0.25) is 0 Å². The number of amides is 1. The van der Waals surface area contributed by atoms with E-state index in [2.05, 4.69) is 4.98 Å². The molecule has 1 saturated heterocycles. The van der Waals surface area contributed by atoms with Gasteiger partial charge in [-0.15, -0.1) is 11.3 Å². The first kappa shape index (κ1) is 17.6. The molecule has 144 valence electrons. The second kappa shape index (κ2) is 7.14. The van der Waals surface area contributed by atoms with Crippen LogP contribution in [0.4, 0.5) is 0 Å². The maximum Gasteiger partial charge on any atom is 0.262 e. The van der Waals surface area contributed by atoms with Gasteiger partial charge in [-0.2, -0.15) is 0 Å². The molecule has 2 aromatic heterocycles. The zero-order chi connectivity index (χ0) is 19.1. The molecule has 28 heavy (non-hydrogen) atoms. The maximum atomic E-state index is 13.1. The molecule has 0 spiro atoms. The molecule has 5 rings (SSSR count). The number of aromatic nitrogens is 2. The Kier molecular flexibility index (Phi) is 4.49. The van der Waals surface area contributed by atoms with E-state index in [9.17, 15) is 9.59 Å². The van der Waals surface area contributed by atoms with Crippen LogP contribution in [0.5, 0.6) is 0 Å². The molecule has 6 nitrogen and oxygen atoms in total. The normalized spacial score (nSPS) is 19.1. The van der Waals surface area contributed by atoms with Crippen molar-refractivity contribution >= 4 is 27.5 Å². The van der Waals surface area contributed by atoms with Crippen LogP contribution in [0, 0.1) is 0 Å². The van der Waals surface area contributed by atoms with Gasteiger partial charge >= 0.3 is 0 Å². The van der Waals surface area contributed by atoms with Crippen LogP contribution in [-0.2, 0) is 24.2 Å². The highest BCUT2D eigenvalue weighted by molar-refractivity contribution is 7.18. The van der Waals surface area contributed by atoms with Crippen LogP contribution in [0.25, 0.3) is 10.2 Å². The first-order valence-electron chi connectivity index (χ1n) is 9.66. The van der Waals surface area contributed by atoms with Gasteiger partial charge in [-0.1, -0.05) is 18.2 Å². The van der Waals surface area contributed by atoms with E-state index in [0.717, 1.165) is 40.1 Å². The minimum absolute atomic E-state index is 0.0147. The first-order chi connectivity index (χ1) is 13.7. The van der Waals surface area contributed by atoms with E-state index in [1.807, 2.05) is 35.2 Å². The summed E-state index contributed by atoms with van der Waals surface area (Å²) in [5.74, 6) is 0.0347. The predicted octanol–water partition coefficient (Wildman–Crippen LogP) is 2.84. The van der Waals surface area contributed by atoms with Crippen molar-refractivity contribution in [1.82, 2.24) is 14.5 Å². The summed E-state index contributed by atoms with van der Waals surface area (Å²) in [5.41, 5.74) is 1.78. The number of fused-ring (bicyclic) bond motifs is 3. The summed E-state index contributed by atoms with van der Waals surface area (Å²) in [5, 5.41) is 0.729. The number of benzene rings is 1. The Balaban J connectivity index is 1.45. The largest absolute Gasteiger partial charge is 0.376 e. The molecule has 1 aromatic carbocycles. The molecule has 0 N–H and O–H groups in total. The van der Waals surface area contributed by atoms with Gasteiger partial charge in [0.15, 0.2) is 0 Å². The van der Waals surface area contributed by atoms with E-state index in [-0.39, 0.29) is 17.6 Å². The lowest BCUT2D eigenvalue weighted by Crippen LogP contribution is -2.35. The highest BCUT2D eigenvalue weighted by Crippen LogP contribution is 2.32. The third kappa shape index (κ3) is 3.04. The second-order valence-corrected chi connectivity index (χ2v) is 8.45. The van der Waals surface area contributed by atoms with Gasteiger partial charge in [0.1, 0.15) is 4.83 Å². The second-order valence-electron chi connectivity index (χ2n) is 7.36. The van der Waals surface area contributed by atoms with Gasteiger partial charge in [0.25, 0.3) is 11.5 Å². The summed E-state index contributed by atoms with van der Waals surface area (Å²) in [6.45, 7) is 2.49. The zero-order valence-corrected chi connectivity index (χ0v) is 16.3. The van der Waals surface area contributed by atoms with Crippen molar-refractivity contribution in [2.75, 3.05) is 13.2 Å². The van der Waals surface area contributed by atoms with Crippen molar-refractivity contribution in [3.8, 4) is 0 Å². The van der Waals surface area contributed by atoms with Gasteiger partial charge in [-0.05, 0) is 37.0 Å². The summed E-state index contributed by atoms with van der Waals surface area (Å²) in [4.78, 5) is 34.1. The predicted molar refractivity (Wildman–Crippen MR) is 108 cm³/mol. The van der Waals surface area contributed by atoms with E-state index in [1.54, 1.807) is 10.9 Å². The highest BCUT2D eigenvalue weighted by atomic mass is 32.1. The molecule has 1 amide bonds. The number of hydrogen-bond acceptors (Lipinski definition) is 5. The van der Waals surface area contributed by atoms with Crippen LogP contribution in [0.2, 0.25) is 0 Å². The number of thiophene rings is 1. The Morgan fingerprint density at radius 3 is 2.93 bits per heavy atom. The quantitative estimate of drug-likeness (QED) is 0.684. The van der Waals surface area contributed by atoms with Crippen LogP contribution in [0.1, 0.15) is 33.6 Å². The molecule has 0 aliphatic carbocycles. The minimum atomic E-state index is 0.0147. The zero-order valence-electron chi connectivity index (χ0n) is 15.5. The molecule has 0 radical (unpaired) electrons. The fourth-order valence-electron chi connectivity index (χ4n) is 4.09. The van der Waals surface area contributed by atoms with Crippen molar-refractivity contribution in [2.45, 2.75) is 38.5 Å². The molecule has 0 bridgehead atoms. The number of carbonyl (C=O) groups excluding carboxylic acids is 1. The van der Waals surface area contributed by atoms with Gasteiger partial charge < -0.3 is 9.64 Å². The molecule has 2 aliphatic heterocycles. The lowest BCUT2D eigenvalue weighted by Gasteiger charge is -2.27. The number of hydrogen-bond donors (Lipinski definition) is 0. The number of rotatable bonds is 3. The third-order valence-corrected chi connectivity index (χ3v) is 6.68. The summed E-state index contributed by atoms with van der Waals surface area (Å²) >= 11 is 1.53. The van der Waals surface area contributed by atoms with Gasteiger partial charge in [-0.3, -0.25) is 14.2 Å². The fraction of sp³-hybridized carbons (Fsp3) is 0.381. The molecule has 0 saturated carbocycles. The van der Waals surface area contributed by atoms with Crippen LogP contribution in [0.3, 0.4) is 0 Å². The number of carbonyl (C=O) groups is 1. The number of nitrogens with zero attached hydrogens (tertiary/aromatic N) is 3. The van der Waals surface area contributed by atoms with E-state index in [4.69, 9.17) is 4.74 Å². The lowest BCUT2D eigenvalue weighted by molar-refractivity contribution is 0.0737. The Hall–Kier alpha value is -2.51. The molecule has 3 aromatic rings. The van der Waals surface area contributed by atoms with Crippen LogP contribution in [0.15, 0.2) is 41.5 Å². The van der Waals surface area contributed by atoms with Gasteiger partial charge in [0.05, 0.1) is 30.9 Å². The SMILES string of the molecule is O=C(c1ccccc1)N1CCc2c(sc3ncn(CC4CCCO4)c(=O)c23)C1. The maximum absolute atomic E-state index is 13.1. The monoisotopic (exact) mass is 395 g/mol. The Bertz CT molecular complexity index is 1080. The van der Waals surface area contributed by atoms with Gasteiger partial charge in [0, 0.05) is 23.6 Å². The first-order valence-corrected chi connectivity index (χ1v) is 10.5. The van der Waals surface area contributed by atoms with Crippen LogP contribution >= 0.6 is 11.3 Å². The summed E-state index contributed by atoms with van der Waals surface area (Å²) < 4.78 is 7.36. The Morgan fingerprint density at radius 2 is 2.14 bits per heavy atom. The lowest BCUT2D eigenvalue weighted by atomic mass is 10.0. The summed E-state index contributed by atoms with van der Waals surface area (Å²) in [6, 6.07) is 9.34. The molecule has 4 heterocycles. The fourth-order valence-corrected chi connectivity index (χ4v) is 5.29. The molecular formula is C21H21N3O3S. The Labute approximate surface area is 166 Å². The van der Waals surface area contributed by atoms with E-state index >= 15 is 0 Å². The van der Waals surface area contributed by atoms with Crippen molar-refractivity contribution in [3.05, 3.63) is 63.0 Å². The topological polar surface area (TPSA) is 64.4 Å². The standard InChI is InChI=1S/C21H21N3O3S/c25-20(14-5-2-1-3-6-14)23-9-8-16-17(12-23)28-19-18(16)21(26)24(13-22-19)11-15-7-4-10-27-15/h1-3,5-6,13,15H,4,7-12H2. The molecule has 1 atom stereocenters. The van der Waals surface area contributed by atoms with Crippen LogP contribution in [-0.4, -0.2) is 39.6 Å². The highest BCUT2D eigenvalue weighted by Gasteiger charge is 2.27. The van der Waals surface area contributed by atoms with Crippen LogP contribution < -0.4 is 5.56 Å². The van der Waals surface area contributed by atoms with E-state index in [0.29, 0.717) is 31.6 Å². The average Bonchev–Trinajstić information content (AvgIpc) is 3.37. The molecule has 1 fully saturated rings. The minimum Gasteiger partial charge on any atom is -0.376 e. The smallest absolute Gasteiger partial charge is 0.262 e. The van der Waals surface area contributed by atoms with E-state index in [1.165, 1.54) is 11.3 Å². The molecule has 2 aliphatic rings. The van der Waals surface area contributed by atoms with Crippen molar-refractivity contribution < 1.29 is 9.53 Å². The summed E-state index contributed by atoms with van der Waals surface area (Å²) in [7, 11) is 0.